The van der Waals surface area contributed by atoms with Gasteiger partial charge in [-0.05, 0) is 74.6 Å². The van der Waals surface area contributed by atoms with E-state index < -0.39 is 17.6 Å². The zero-order valence-corrected chi connectivity index (χ0v) is 17.1. The fraction of sp³-hybridized carbons (Fsp3) is 0.524. The van der Waals surface area contributed by atoms with Gasteiger partial charge in [-0.2, -0.15) is 18.3 Å². The van der Waals surface area contributed by atoms with E-state index in [0.717, 1.165) is 63.3 Å². The molecular weight excluding hydrogens is 419 g/mol. The summed E-state index contributed by atoms with van der Waals surface area (Å²) in [6.45, 7) is 0.897. The largest absolute Gasteiger partial charge is 0.416 e. The molecule has 0 unspecified atom stereocenters. The molecule has 2 aromatic rings. The SMILES string of the molecule is O=C(NOC1CCC(Cn2ncc3c2CCC3)CC1)c1cc(C(F)(F)F)ccc1Cl. The van der Waals surface area contributed by atoms with E-state index in [1.807, 2.05) is 6.20 Å². The van der Waals surface area contributed by atoms with Crippen molar-refractivity contribution >= 4 is 17.5 Å². The molecule has 4 rings (SSSR count). The van der Waals surface area contributed by atoms with Crippen LogP contribution in [0.3, 0.4) is 0 Å². The molecule has 0 saturated heterocycles. The van der Waals surface area contributed by atoms with Gasteiger partial charge in [-0.3, -0.25) is 14.3 Å². The average Bonchev–Trinajstić information content (AvgIpc) is 3.32. The van der Waals surface area contributed by atoms with Crippen LogP contribution < -0.4 is 5.48 Å². The van der Waals surface area contributed by atoms with Crippen molar-refractivity contribution in [3.05, 3.63) is 51.8 Å². The number of carbonyl (C=O) groups is 1. The first-order chi connectivity index (χ1) is 14.3. The highest BCUT2D eigenvalue weighted by atomic mass is 35.5. The lowest BCUT2D eigenvalue weighted by atomic mass is 9.87. The Labute approximate surface area is 177 Å². The Balaban J connectivity index is 1.27. The number of nitrogens with zero attached hydrogens (tertiary/aromatic N) is 2. The minimum atomic E-state index is -4.55. The van der Waals surface area contributed by atoms with Crippen LogP contribution in [0.4, 0.5) is 13.2 Å². The molecule has 1 aromatic carbocycles. The maximum absolute atomic E-state index is 12.9. The van der Waals surface area contributed by atoms with Gasteiger partial charge in [0.15, 0.2) is 0 Å². The number of aromatic nitrogens is 2. The van der Waals surface area contributed by atoms with Crippen molar-refractivity contribution in [2.45, 2.75) is 63.8 Å². The van der Waals surface area contributed by atoms with E-state index in [0.29, 0.717) is 5.92 Å². The van der Waals surface area contributed by atoms with E-state index in [1.165, 1.54) is 17.7 Å². The summed E-state index contributed by atoms with van der Waals surface area (Å²) in [4.78, 5) is 17.7. The second kappa shape index (κ2) is 8.59. The Morgan fingerprint density at radius 3 is 2.73 bits per heavy atom. The van der Waals surface area contributed by atoms with Crippen LogP contribution in [0, 0.1) is 5.92 Å². The van der Waals surface area contributed by atoms with Crippen molar-refractivity contribution in [2.24, 2.45) is 5.92 Å². The normalized spacial score (nSPS) is 21.5. The predicted molar refractivity (Wildman–Crippen MR) is 105 cm³/mol. The summed E-state index contributed by atoms with van der Waals surface area (Å²) in [5.74, 6) is -0.275. The van der Waals surface area contributed by atoms with E-state index in [4.69, 9.17) is 16.4 Å². The van der Waals surface area contributed by atoms with Crippen LogP contribution in [-0.2, 0) is 30.4 Å². The summed E-state index contributed by atoms with van der Waals surface area (Å²) in [6.07, 6.45) is 4.10. The molecule has 2 aliphatic rings. The summed E-state index contributed by atoms with van der Waals surface area (Å²) in [6, 6.07) is 2.65. The number of aryl methyl sites for hydroxylation is 1. The van der Waals surface area contributed by atoms with Gasteiger partial charge in [0, 0.05) is 12.2 Å². The molecule has 1 heterocycles. The van der Waals surface area contributed by atoms with E-state index in [-0.39, 0.29) is 16.7 Å². The van der Waals surface area contributed by atoms with Crippen LogP contribution in [0.2, 0.25) is 5.02 Å². The van der Waals surface area contributed by atoms with Gasteiger partial charge in [0.1, 0.15) is 0 Å². The van der Waals surface area contributed by atoms with E-state index in [9.17, 15) is 18.0 Å². The second-order valence-electron chi connectivity index (χ2n) is 8.04. The molecule has 0 spiro atoms. The number of benzene rings is 1. The number of rotatable bonds is 5. The summed E-state index contributed by atoms with van der Waals surface area (Å²) >= 11 is 5.90. The lowest BCUT2D eigenvalue weighted by Gasteiger charge is -2.28. The summed E-state index contributed by atoms with van der Waals surface area (Å²) < 4.78 is 40.7. The molecular formula is C21H23ClF3N3O2. The number of alkyl halides is 3. The maximum atomic E-state index is 12.9. The molecule has 0 radical (unpaired) electrons. The summed E-state index contributed by atoms with van der Waals surface area (Å²) in [7, 11) is 0. The molecule has 1 N–H and O–H groups in total. The molecule has 0 aliphatic heterocycles. The van der Waals surface area contributed by atoms with Crippen LogP contribution in [0.1, 0.15) is 59.3 Å². The number of hydrogen-bond acceptors (Lipinski definition) is 3. The first kappa shape index (κ1) is 21.2. The van der Waals surface area contributed by atoms with Crippen molar-refractivity contribution in [2.75, 3.05) is 0 Å². The van der Waals surface area contributed by atoms with E-state index in [2.05, 4.69) is 15.3 Å². The predicted octanol–water partition coefficient (Wildman–Crippen LogP) is 4.96. The summed E-state index contributed by atoms with van der Waals surface area (Å²) in [5.41, 5.74) is 3.81. The fourth-order valence-electron chi connectivity index (χ4n) is 4.30. The first-order valence-electron chi connectivity index (χ1n) is 10.2. The van der Waals surface area contributed by atoms with E-state index in [1.54, 1.807) is 0 Å². The Morgan fingerprint density at radius 1 is 1.23 bits per heavy atom. The van der Waals surface area contributed by atoms with E-state index >= 15 is 0 Å². The van der Waals surface area contributed by atoms with Crippen LogP contribution in [-0.4, -0.2) is 21.8 Å². The molecule has 1 amide bonds. The highest BCUT2D eigenvalue weighted by Gasteiger charge is 2.32. The van der Waals surface area contributed by atoms with Gasteiger partial charge in [0.05, 0.1) is 28.5 Å². The molecule has 1 fully saturated rings. The van der Waals surface area contributed by atoms with Gasteiger partial charge < -0.3 is 0 Å². The van der Waals surface area contributed by atoms with Gasteiger partial charge >= 0.3 is 6.18 Å². The second-order valence-corrected chi connectivity index (χ2v) is 8.44. The zero-order chi connectivity index (χ0) is 21.3. The van der Waals surface area contributed by atoms with Gasteiger partial charge in [-0.15, -0.1) is 0 Å². The lowest BCUT2D eigenvalue weighted by molar-refractivity contribution is -0.137. The smallest absolute Gasteiger partial charge is 0.270 e. The Kier molecular flexibility index (Phi) is 6.06. The highest BCUT2D eigenvalue weighted by molar-refractivity contribution is 6.33. The standard InChI is InChI=1S/C21H23ClF3N3O2/c22-18-9-6-15(21(23,24)25)10-17(18)20(29)27-30-16-7-4-13(5-8-16)12-28-19-3-1-2-14(19)11-26-28/h6,9-11,13,16H,1-5,7-8,12H2,(H,27,29). The van der Waals surface area contributed by atoms with Crippen molar-refractivity contribution in [3.8, 4) is 0 Å². The van der Waals surface area contributed by atoms with Gasteiger partial charge in [-0.25, -0.2) is 5.48 Å². The fourth-order valence-corrected chi connectivity index (χ4v) is 4.50. The van der Waals surface area contributed by atoms with Crippen LogP contribution in [0.25, 0.3) is 0 Å². The number of halogens is 4. The third-order valence-corrected chi connectivity index (χ3v) is 6.31. The number of hydrogen-bond donors (Lipinski definition) is 1. The Bertz CT molecular complexity index is 921. The maximum Gasteiger partial charge on any atom is 0.416 e. The molecule has 9 heteroatoms. The average molecular weight is 442 g/mol. The van der Waals surface area contributed by atoms with Gasteiger partial charge in [0.25, 0.3) is 5.91 Å². The third kappa shape index (κ3) is 4.64. The number of nitrogens with one attached hydrogen (secondary N) is 1. The van der Waals surface area contributed by atoms with Crippen molar-refractivity contribution in [3.63, 3.8) is 0 Å². The first-order valence-corrected chi connectivity index (χ1v) is 10.6. The molecule has 162 valence electrons. The van der Waals surface area contributed by atoms with Gasteiger partial charge in [0.2, 0.25) is 0 Å². The van der Waals surface area contributed by atoms with Crippen LogP contribution in [0.5, 0.6) is 0 Å². The molecule has 0 bridgehead atoms. The Morgan fingerprint density at radius 2 is 2.00 bits per heavy atom. The van der Waals surface area contributed by atoms with Crippen LogP contribution >= 0.6 is 11.6 Å². The number of hydroxylamine groups is 1. The highest BCUT2D eigenvalue weighted by Crippen LogP contribution is 2.32. The lowest BCUT2D eigenvalue weighted by Crippen LogP contribution is -2.33. The van der Waals surface area contributed by atoms with Crippen molar-refractivity contribution in [1.82, 2.24) is 15.3 Å². The Hall–Kier alpha value is -2.06. The molecule has 1 saturated carbocycles. The van der Waals surface area contributed by atoms with Crippen molar-refractivity contribution < 1.29 is 22.8 Å². The molecule has 0 atom stereocenters. The minimum Gasteiger partial charge on any atom is -0.270 e. The quantitative estimate of drug-likeness (QED) is 0.667. The number of fused-ring (bicyclic) bond motifs is 1. The zero-order valence-electron chi connectivity index (χ0n) is 16.3. The third-order valence-electron chi connectivity index (χ3n) is 5.98. The van der Waals surface area contributed by atoms with Gasteiger partial charge in [-0.1, -0.05) is 11.6 Å². The molecule has 1 aromatic heterocycles. The number of amides is 1. The monoisotopic (exact) mass is 441 g/mol. The van der Waals surface area contributed by atoms with Crippen molar-refractivity contribution in [1.29, 1.82) is 0 Å². The molecule has 30 heavy (non-hydrogen) atoms. The molecule has 2 aliphatic carbocycles. The number of carbonyl (C=O) groups excluding carboxylic acids is 1. The minimum absolute atomic E-state index is 0.0560. The van der Waals surface area contributed by atoms with Crippen LogP contribution in [0.15, 0.2) is 24.4 Å². The summed E-state index contributed by atoms with van der Waals surface area (Å²) in [5, 5.41) is 4.46. The topological polar surface area (TPSA) is 56.1 Å². The molecule has 5 nitrogen and oxygen atoms in total.